The van der Waals surface area contributed by atoms with Crippen LogP contribution >= 0.6 is 11.8 Å². The number of benzene rings is 2. The Hall–Kier alpha value is -2.79. The number of imidazole rings is 1. The molecule has 0 spiro atoms. The third-order valence-electron chi connectivity index (χ3n) is 3.91. The van der Waals surface area contributed by atoms with Crippen LogP contribution in [0.2, 0.25) is 0 Å². The summed E-state index contributed by atoms with van der Waals surface area (Å²) >= 11 is 1.23. The van der Waals surface area contributed by atoms with Gasteiger partial charge in [0, 0.05) is 5.69 Å². The average molecular weight is 441 g/mol. The Morgan fingerprint density at radius 3 is 2.41 bits per heavy atom. The predicted octanol–water partition coefficient (Wildman–Crippen LogP) is 3.98. The topological polar surface area (TPSA) is 81.1 Å². The number of hydrogen-bond acceptors (Lipinski definition) is 5. The Balaban J connectivity index is 2.02. The van der Waals surface area contributed by atoms with Gasteiger partial charge < -0.3 is 5.32 Å². The first-order chi connectivity index (χ1) is 13.8. The van der Waals surface area contributed by atoms with Crippen LogP contribution in [0.3, 0.4) is 0 Å². The maximum atomic E-state index is 13.3. The van der Waals surface area contributed by atoms with Crippen molar-refractivity contribution in [3.63, 3.8) is 0 Å². The number of aromatic nitrogens is 2. The molecule has 29 heavy (non-hydrogen) atoms. The molecule has 1 aromatic heterocycles. The molecule has 152 valence electrons. The lowest BCUT2D eigenvalue weighted by atomic mass is 10.3. The fraction of sp³-hybridized carbons (Fsp3) is 0.111. The van der Waals surface area contributed by atoms with Crippen LogP contribution in [0.5, 0.6) is 0 Å². The number of nitrogens with one attached hydrogen (secondary N) is 1. The Labute approximate surface area is 168 Å². The summed E-state index contributed by atoms with van der Waals surface area (Å²) < 4.78 is 64.4. The van der Waals surface area contributed by atoms with Crippen LogP contribution in [0.25, 0.3) is 5.69 Å². The van der Waals surface area contributed by atoms with Crippen LogP contribution in [-0.4, -0.2) is 35.9 Å². The van der Waals surface area contributed by atoms with E-state index < -0.39 is 32.2 Å². The Bertz CT molecular complexity index is 1150. The van der Waals surface area contributed by atoms with Gasteiger partial charge in [-0.15, -0.1) is 0 Å². The summed E-state index contributed by atoms with van der Waals surface area (Å²) in [7, 11) is -4.92. The summed E-state index contributed by atoms with van der Waals surface area (Å²) in [6.45, 7) is 0. The number of rotatable bonds is 6. The van der Waals surface area contributed by atoms with Gasteiger partial charge in [0.25, 0.3) is 5.91 Å². The third-order valence-corrected chi connectivity index (χ3v) is 6.00. The van der Waals surface area contributed by atoms with Crippen LogP contribution in [-0.2, 0) is 9.84 Å². The monoisotopic (exact) mass is 441 g/mol. The molecule has 11 heteroatoms. The molecular formula is C18H14F3N3O3S2. The molecule has 0 saturated heterocycles. The van der Waals surface area contributed by atoms with Crippen molar-refractivity contribution in [2.75, 3.05) is 11.6 Å². The minimum Gasteiger partial charge on any atom is -0.319 e. The van der Waals surface area contributed by atoms with Gasteiger partial charge in [-0.3, -0.25) is 9.36 Å². The van der Waals surface area contributed by atoms with E-state index in [4.69, 9.17) is 0 Å². The molecule has 6 nitrogen and oxygen atoms in total. The molecule has 0 bridgehead atoms. The normalized spacial score (nSPS) is 11.6. The van der Waals surface area contributed by atoms with Gasteiger partial charge >= 0.3 is 5.76 Å². The number of halogens is 3. The summed E-state index contributed by atoms with van der Waals surface area (Å²) in [4.78, 5) is 16.3. The summed E-state index contributed by atoms with van der Waals surface area (Å²) in [5.74, 6) is -4.86. The fourth-order valence-electron chi connectivity index (χ4n) is 2.58. The van der Waals surface area contributed by atoms with E-state index in [1.54, 1.807) is 6.26 Å². The van der Waals surface area contributed by atoms with Crippen molar-refractivity contribution in [1.29, 1.82) is 0 Å². The van der Waals surface area contributed by atoms with Gasteiger partial charge in [0.15, 0.2) is 5.16 Å². The number of carbonyl (C=O) groups excluding carboxylic acids is 1. The van der Waals surface area contributed by atoms with E-state index in [0.29, 0.717) is 10.8 Å². The second-order valence-electron chi connectivity index (χ2n) is 5.70. The standard InChI is InChI=1S/C18H14F3N3O3S2/c1-28-18-22-10-14(24(18)12-8-6-11(19)7-9-12)16(25)23-13-4-2-3-5-15(13)29(26,27)17(20)21/h2-10,17H,1H3,(H,23,25). The number of anilines is 1. The summed E-state index contributed by atoms with van der Waals surface area (Å²) in [6.07, 6.45) is 2.99. The zero-order chi connectivity index (χ0) is 21.2. The predicted molar refractivity (Wildman–Crippen MR) is 103 cm³/mol. The smallest absolute Gasteiger partial charge is 0.319 e. The number of alkyl halides is 2. The van der Waals surface area contributed by atoms with E-state index in [1.807, 2.05) is 0 Å². The second kappa shape index (κ2) is 8.29. The first kappa shape index (κ1) is 20.9. The van der Waals surface area contributed by atoms with E-state index >= 15 is 0 Å². The second-order valence-corrected chi connectivity index (χ2v) is 8.36. The molecule has 1 N–H and O–H groups in total. The van der Waals surface area contributed by atoms with Gasteiger partial charge in [-0.1, -0.05) is 23.9 Å². The number of sulfone groups is 1. The molecule has 3 aromatic rings. The molecule has 0 fully saturated rings. The quantitative estimate of drug-likeness (QED) is 0.585. The molecule has 1 amide bonds. The average Bonchev–Trinajstić information content (AvgIpc) is 3.13. The van der Waals surface area contributed by atoms with Crippen molar-refractivity contribution in [2.45, 2.75) is 15.8 Å². The van der Waals surface area contributed by atoms with Crippen LogP contribution < -0.4 is 5.32 Å². The molecule has 0 aliphatic rings. The van der Waals surface area contributed by atoms with Gasteiger partial charge in [0.1, 0.15) is 11.5 Å². The van der Waals surface area contributed by atoms with Gasteiger partial charge in [0.2, 0.25) is 9.84 Å². The fourth-order valence-corrected chi connectivity index (χ4v) is 4.01. The molecule has 3 rings (SSSR count). The molecule has 0 atom stereocenters. The lowest BCUT2D eigenvalue weighted by Gasteiger charge is -2.13. The summed E-state index contributed by atoms with van der Waals surface area (Å²) in [5, 5.41) is 2.78. The van der Waals surface area contributed by atoms with E-state index in [1.165, 1.54) is 65.0 Å². The molecular weight excluding hydrogens is 427 g/mol. The molecule has 0 saturated carbocycles. The first-order valence-electron chi connectivity index (χ1n) is 8.06. The minimum absolute atomic E-state index is 0.0187. The van der Waals surface area contributed by atoms with Crippen molar-refractivity contribution in [3.05, 3.63) is 66.2 Å². The lowest BCUT2D eigenvalue weighted by molar-refractivity contribution is 0.101. The zero-order valence-electron chi connectivity index (χ0n) is 14.8. The number of carbonyl (C=O) groups is 1. The number of amides is 1. The summed E-state index contributed by atoms with van der Waals surface area (Å²) in [5.41, 5.74) is 0.187. The minimum atomic E-state index is -4.92. The van der Waals surface area contributed by atoms with Crippen molar-refractivity contribution >= 4 is 33.2 Å². The van der Waals surface area contributed by atoms with Gasteiger partial charge in [0.05, 0.1) is 16.8 Å². The molecule has 0 aliphatic carbocycles. The highest BCUT2D eigenvalue weighted by Crippen LogP contribution is 2.28. The third kappa shape index (κ3) is 4.15. The van der Waals surface area contributed by atoms with E-state index in [9.17, 15) is 26.4 Å². The first-order valence-corrected chi connectivity index (χ1v) is 10.8. The SMILES string of the molecule is CSc1ncc(C(=O)Nc2ccccc2S(=O)(=O)C(F)F)n1-c1ccc(F)cc1. The largest absolute Gasteiger partial charge is 0.341 e. The van der Waals surface area contributed by atoms with Crippen molar-refractivity contribution < 1.29 is 26.4 Å². The van der Waals surface area contributed by atoms with E-state index in [-0.39, 0.29) is 11.4 Å². The number of nitrogens with zero attached hydrogens (tertiary/aromatic N) is 2. The molecule has 1 heterocycles. The van der Waals surface area contributed by atoms with E-state index in [2.05, 4.69) is 10.3 Å². The molecule has 0 unspecified atom stereocenters. The molecule has 0 radical (unpaired) electrons. The Kier molecular flexibility index (Phi) is 5.99. The number of para-hydroxylation sites is 1. The molecule has 0 aliphatic heterocycles. The van der Waals surface area contributed by atoms with Gasteiger partial charge in [-0.2, -0.15) is 8.78 Å². The zero-order valence-corrected chi connectivity index (χ0v) is 16.5. The van der Waals surface area contributed by atoms with Gasteiger partial charge in [-0.05, 0) is 42.7 Å². The summed E-state index contributed by atoms with van der Waals surface area (Å²) in [6, 6.07) is 10.2. The highest BCUT2D eigenvalue weighted by Gasteiger charge is 2.30. The Morgan fingerprint density at radius 1 is 1.14 bits per heavy atom. The number of hydrogen-bond donors (Lipinski definition) is 1. The molecule has 2 aromatic carbocycles. The van der Waals surface area contributed by atoms with Crippen molar-refractivity contribution in [3.8, 4) is 5.69 Å². The lowest BCUT2D eigenvalue weighted by Crippen LogP contribution is -2.20. The Morgan fingerprint density at radius 2 is 1.79 bits per heavy atom. The van der Waals surface area contributed by atoms with Crippen LogP contribution in [0.4, 0.5) is 18.9 Å². The highest BCUT2D eigenvalue weighted by atomic mass is 32.2. The van der Waals surface area contributed by atoms with Crippen molar-refractivity contribution in [2.24, 2.45) is 0 Å². The van der Waals surface area contributed by atoms with Crippen LogP contribution in [0.15, 0.2) is 64.8 Å². The maximum Gasteiger partial charge on any atom is 0.341 e. The van der Waals surface area contributed by atoms with E-state index in [0.717, 1.165) is 6.07 Å². The van der Waals surface area contributed by atoms with Crippen molar-refractivity contribution in [1.82, 2.24) is 9.55 Å². The van der Waals surface area contributed by atoms with Crippen LogP contribution in [0.1, 0.15) is 10.5 Å². The van der Waals surface area contributed by atoms with Gasteiger partial charge in [-0.25, -0.2) is 17.8 Å². The highest BCUT2D eigenvalue weighted by molar-refractivity contribution is 7.98. The maximum absolute atomic E-state index is 13.3. The van der Waals surface area contributed by atoms with Crippen LogP contribution in [0, 0.1) is 5.82 Å². The number of thioether (sulfide) groups is 1.